The van der Waals surface area contributed by atoms with Crippen LogP contribution in [0.5, 0.6) is 0 Å². The summed E-state index contributed by atoms with van der Waals surface area (Å²) in [5.74, 6) is 1.41. The van der Waals surface area contributed by atoms with Crippen molar-refractivity contribution in [2.24, 2.45) is 0 Å². The molecule has 0 N–H and O–H groups in total. The summed E-state index contributed by atoms with van der Waals surface area (Å²) in [6.07, 6.45) is 0. The fraction of sp³-hybridized carbons (Fsp3) is 0. The molecular weight excluding hydrogens is 1470 g/mol. The van der Waals surface area contributed by atoms with Gasteiger partial charge < -0.3 is 8.83 Å². The molecule has 0 unspecified atom stereocenters. The number of aromatic nitrogens is 8. The van der Waals surface area contributed by atoms with Crippen LogP contribution in [0.1, 0.15) is 0 Å². The van der Waals surface area contributed by atoms with Gasteiger partial charge in [-0.05, 0) is 139 Å². The first-order valence-corrected chi connectivity index (χ1v) is 40.5. The number of benzene rings is 17. The summed E-state index contributed by atoms with van der Waals surface area (Å²) in [4.78, 5) is 41.0. The second-order valence-corrected chi connectivity index (χ2v) is 31.1. The van der Waals surface area contributed by atoms with Crippen LogP contribution in [0.15, 0.2) is 397 Å². The third kappa shape index (κ3) is 12.6. The van der Waals surface area contributed by atoms with Crippen molar-refractivity contribution in [1.29, 1.82) is 0 Å². The molecule has 119 heavy (non-hydrogen) atoms. The predicted octanol–water partition coefficient (Wildman–Crippen LogP) is 28.8. The molecule has 24 aromatic rings. The summed E-state index contributed by atoms with van der Waals surface area (Å²) in [5.41, 5.74) is 33.8. The first-order valence-electron chi connectivity index (χ1n) is 39.7. The molecule has 554 valence electrons. The average molecular weight is 1540 g/mol. The summed E-state index contributed by atoms with van der Waals surface area (Å²) in [5, 5.41) is 6.44. The van der Waals surface area contributed by atoms with Crippen molar-refractivity contribution in [3.63, 3.8) is 0 Å². The van der Waals surface area contributed by atoms with E-state index in [1.165, 1.54) is 27.0 Å². The standard InChI is InChI=1S/C56H34N4O.C52H30N4OS/c1-2-8-35(9-3-1)36-22-26-42(27-23-36)55-46-11-4-6-12-48(46)59-56(60-55)43-28-24-40(25-29-43)38-16-14-37(15-17-38)39-18-20-41(21-19-39)44-30-31-49-50(32-44)58-52-34-54-47(33-51(52)57-49)45-10-5-7-13-53(45)61-54;1-2-11-31(12-3-1)32-23-25-33(26-24-32)48-51-50(40-18-5-7-22-47(40)58-51)56-52(55-48)37-16-9-14-35(28-37)34-13-8-15-36(27-34)38-19-10-20-42-49(38)54-43-29-41-39-17-4-6-21-45(39)57-46(41)30-44(43)53-42/h1-34H;1-30H. The largest absolute Gasteiger partial charge is 0.456 e. The van der Waals surface area contributed by atoms with Crippen molar-refractivity contribution in [1.82, 2.24) is 39.9 Å². The molecule has 0 aliphatic carbocycles. The summed E-state index contributed by atoms with van der Waals surface area (Å²) < 4.78 is 14.6. The van der Waals surface area contributed by atoms with E-state index in [0.29, 0.717) is 11.6 Å². The maximum absolute atomic E-state index is 6.16. The normalized spacial score (nSPS) is 11.7. The van der Waals surface area contributed by atoms with E-state index in [2.05, 4.69) is 309 Å². The van der Waals surface area contributed by atoms with Crippen LogP contribution < -0.4 is 0 Å². The maximum Gasteiger partial charge on any atom is 0.160 e. The Morgan fingerprint density at radius 1 is 0.176 bits per heavy atom. The van der Waals surface area contributed by atoms with E-state index < -0.39 is 0 Å². The molecule has 0 aliphatic rings. The minimum Gasteiger partial charge on any atom is -0.456 e. The van der Waals surface area contributed by atoms with Crippen LogP contribution in [0.4, 0.5) is 0 Å². The smallest absolute Gasteiger partial charge is 0.160 e. The zero-order valence-electron chi connectivity index (χ0n) is 63.8. The van der Waals surface area contributed by atoms with Crippen LogP contribution in [0.2, 0.25) is 0 Å². The van der Waals surface area contributed by atoms with Gasteiger partial charge in [0.25, 0.3) is 0 Å². The van der Waals surface area contributed by atoms with E-state index in [-0.39, 0.29) is 0 Å². The van der Waals surface area contributed by atoms with Gasteiger partial charge in [0.05, 0.1) is 71.3 Å². The minimum atomic E-state index is 0.701. The third-order valence-electron chi connectivity index (χ3n) is 22.8. The van der Waals surface area contributed by atoms with Gasteiger partial charge in [-0.3, -0.25) is 0 Å². The van der Waals surface area contributed by atoms with Crippen LogP contribution in [-0.2, 0) is 0 Å². The zero-order chi connectivity index (χ0) is 78.4. The Labute approximate surface area is 686 Å². The topological polar surface area (TPSA) is 129 Å². The molecule has 0 radical (unpaired) electrons. The number of para-hydroxylation sites is 4. The van der Waals surface area contributed by atoms with Crippen LogP contribution in [0, 0.1) is 0 Å². The number of rotatable bonds is 11. The Hall–Kier alpha value is -15.8. The average Bonchev–Trinajstić information content (AvgIpc) is 1.70. The van der Waals surface area contributed by atoms with E-state index in [1.54, 1.807) is 11.3 Å². The quantitative estimate of drug-likeness (QED) is 0.115. The fourth-order valence-corrected chi connectivity index (χ4v) is 17.8. The molecule has 10 nitrogen and oxygen atoms in total. The molecule has 0 atom stereocenters. The van der Waals surface area contributed by atoms with Crippen molar-refractivity contribution < 1.29 is 8.83 Å². The molecule has 7 heterocycles. The van der Waals surface area contributed by atoms with Gasteiger partial charge in [-0.1, -0.05) is 309 Å². The minimum absolute atomic E-state index is 0.701. The SMILES string of the molecule is c1ccc(-c2ccc(-c3nc(-c4ccc(-c5ccc(-c6ccc(-c7ccc8nc9cc%10c(cc9nc8c7)oc7ccccc7%10)cc6)cc5)cc4)nc4ccccc34)cc2)cc1.c1ccc(-c2ccc(-c3nc(-c4cccc(-c5cccc(-c6cccc7nc8cc9oc%10ccccc%10c9cc8nc67)c5)c4)nc4c3sc3ccccc34)cc2)cc1. The summed E-state index contributed by atoms with van der Waals surface area (Å²) in [6, 6.07) is 135. The van der Waals surface area contributed by atoms with Crippen molar-refractivity contribution >= 4 is 131 Å². The second-order valence-electron chi connectivity index (χ2n) is 30.1. The molecule has 0 bridgehead atoms. The van der Waals surface area contributed by atoms with Gasteiger partial charge in [0.2, 0.25) is 0 Å². The summed E-state index contributed by atoms with van der Waals surface area (Å²) in [7, 11) is 0. The predicted molar refractivity (Wildman–Crippen MR) is 490 cm³/mol. The molecule has 0 saturated carbocycles. The van der Waals surface area contributed by atoms with Gasteiger partial charge in [-0.25, -0.2) is 39.9 Å². The van der Waals surface area contributed by atoms with E-state index >= 15 is 0 Å². The fourth-order valence-electron chi connectivity index (χ4n) is 16.7. The monoisotopic (exact) mass is 1540 g/mol. The Balaban J connectivity index is 0.000000139. The number of fused-ring (bicyclic) bond motifs is 14. The number of nitrogens with zero attached hydrogens (tertiary/aromatic N) is 8. The first-order chi connectivity index (χ1) is 58.9. The van der Waals surface area contributed by atoms with Crippen LogP contribution in [0.25, 0.3) is 242 Å². The second kappa shape index (κ2) is 28.6. The van der Waals surface area contributed by atoms with E-state index in [4.69, 9.17) is 48.7 Å². The number of furan rings is 2. The lowest BCUT2D eigenvalue weighted by Crippen LogP contribution is -1.95. The third-order valence-corrected chi connectivity index (χ3v) is 24.0. The Morgan fingerprint density at radius 2 is 0.563 bits per heavy atom. The lowest BCUT2D eigenvalue weighted by Gasteiger charge is -2.11. The molecule has 0 aliphatic heterocycles. The summed E-state index contributed by atoms with van der Waals surface area (Å²) in [6.45, 7) is 0. The molecule has 0 fully saturated rings. The Bertz CT molecular complexity index is 8130. The van der Waals surface area contributed by atoms with Crippen molar-refractivity contribution in [2.45, 2.75) is 0 Å². The Kier molecular flexibility index (Phi) is 16.5. The van der Waals surface area contributed by atoms with E-state index in [9.17, 15) is 0 Å². The highest BCUT2D eigenvalue weighted by Crippen LogP contribution is 2.43. The van der Waals surface area contributed by atoms with Crippen LogP contribution in [0.3, 0.4) is 0 Å². The van der Waals surface area contributed by atoms with Crippen LogP contribution in [-0.4, -0.2) is 39.9 Å². The van der Waals surface area contributed by atoms with Gasteiger partial charge in [0, 0.05) is 77.0 Å². The molecule has 17 aromatic carbocycles. The molecular formula is C108H64N8O2S. The van der Waals surface area contributed by atoms with Gasteiger partial charge in [-0.2, -0.15) is 0 Å². The van der Waals surface area contributed by atoms with E-state index in [1.807, 2.05) is 78.9 Å². The lowest BCUT2D eigenvalue weighted by molar-refractivity contribution is 0.669. The molecule has 11 heteroatoms. The van der Waals surface area contributed by atoms with Crippen molar-refractivity contribution in [3.8, 4) is 123 Å². The molecule has 24 rings (SSSR count). The number of hydrogen-bond acceptors (Lipinski definition) is 11. The van der Waals surface area contributed by atoms with Crippen LogP contribution >= 0.6 is 11.3 Å². The van der Waals surface area contributed by atoms with Gasteiger partial charge >= 0.3 is 0 Å². The highest BCUT2D eigenvalue weighted by atomic mass is 32.1. The zero-order valence-corrected chi connectivity index (χ0v) is 64.6. The van der Waals surface area contributed by atoms with Gasteiger partial charge in [-0.15, -0.1) is 11.3 Å². The number of thiophene rings is 1. The molecule has 0 saturated heterocycles. The first kappa shape index (κ1) is 68.7. The highest BCUT2D eigenvalue weighted by Gasteiger charge is 2.21. The number of hydrogen-bond donors (Lipinski definition) is 0. The van der Waals surface area contributed by atoms with Gasteiger partial charge in [0.15, 0.2) is 11.6 Å². The van der Waals surface area contributed by atoms with Gasteiger partial charge in [0.1, 0.15) is 22.3 Å². The molecule has 0 spiro atoms. The highest BCUT2D eigenvalue weighted by molar-refractivity contribution is 7.26. The lowest BCUT2D eigenvalue weighted by atomic mass is 9.97. The summed E-state index contributed by atoms with van der Waals surface area (Å²) >= 11 is 1.75. The van der Waals surface area contributed by atoms with Crippen molar-refractivity contribution in [3.05, 3.63) is 388 Å². The molecule has 7 aromatic heterocycles. The molecule has 0 amide bonds. The van der Waals surface area contributed by atoms with Crippen molar-refractivity contribution in [2.75, 3.05) is 0 Å². The Morgan fingerprint density at radius 3 is 1.17 bits per heavy atom. The van der Waals surface area contributed by atoms with E-state index in [0.717, 1.165) is 204 Å². The maximum atomic E-state index is 6.16.